The van der Waals surface area contributed by atoms with E-state index in [0.29, 0.717) is 56.5 Å². The Labute approximate surface area is 210 Å². The Bertz CT molecular complexity index is 1950. The number of aromatic amines is 1. The number of H-pyrrole nitrogens is 1. The predicted molar refractivity (Wildman–Crippen MR) is 136 cm³/mol. The Kier molecular flexibility index (Phi) is 5.17. The van der Waals surface area contributed by atoms with E-state index in [2.05, 4.69) is 24.8 Å². The summed E-state index contributed by atoms with van der Waals surface area (Å²) < 4.78 is 47.5. The molecule has 0 bridgehead atoms. The largest absolute Gasteiger partial charge is 0.493 e. The number of halogens is 1. The van der Waals surface area contributed by atoms with Crippen molar-refractivity contribution in [3.05, 3.63) is 64.6 Å². The van der Waals surface area contributed by atoms with Crippen LogP contribution in [0.4, 0.5) is 3.89 Å². The molecule has 1 aliphatic rings. The van der Waals surface area contributed by atoms with Crippen molar-refractivity contribution in [3.8, 4) is 28.7 Å². The molecular formula is C26H19FN4O5S. The highest BCUT2D eigenvalue weighted by atomic mass is 32.3. The van der Waals surface area contributed by atoms with Crippen molar-refractivity contribution >= 4 is 43.3 Å². The molecule has 0 unspecified atom stereocenters. The number of benzene rings is 2. The highest BCUT2D eigenvalue weighted by Gasteiger charge is 2.29. The summed E-state index contributed by atoms with van der Waals surface area (Å²) in [6.45, 7) is 2.11. The molecule has 1 saturated carbocycles. The van der Waals surface area contributed by atoms with Gasteiger partial charge in [0, 0.05) is 34.3 Å². The molecule has 3 heterocycles. The Morgan fingerprint density at radius 3 is 2.70 bits per heavy atom. The van der Waals surface area contributed by atoms with Crippen LogP contribution in [0.15, 0.2) is 53.6 Å². The average molecular weight is 519 g/mol. The van der Waals surface area contributed by atoms with Crippen LogP contribution in [0.5, 0.6) is 11.5 Å². The Hall–Kier alpha value is -4.43. The molecule has 0 aliphatic heterocycles. The normalized spacial score (nSPS) is 13.8. The van der Waals surface area contributed by atoms with Gasteiger partial charge in [-0.25, -0.2) is 0 Å². The highest BCUT2D eigenvalue weighted by molar-refractivity contribution is 7.81. The van der Waals surface area contributed by atoms with E-state index in [1.165, 1.54) is 12.3 Å². The number of hydrogen-bond donors (Lipinski definition) is 1. The summed E-state index contributed by atoms with van der Waals surface area (Å²) in [6, 6.07) is 12.3. The lowest BCUT2D eigenvalue weighted by Crippen LogP contribution is -2.11. The minimum atomic E-state index is -5.23. The van der Waals surface area contributed by atoms with Crippen LogP contribution in [-0.4, -0.2) is 29.6 Å². The van der Waals surface area contributed by atoms with E-state index in [9.17, 15) is 22.4 Å². The van der Waals surface area contributed by atoms with Crippen LogP contribution in [0.3, 0.4) is 0 Å². The third kappa shape index (κ3) is 3.95. The van der Waals surface area contributed by atoms with Crippen molar-refractivity contribution in [3.63, 3.8) is 0 Å². The van der Waals surface area contributed by atoms with Crippen LogP contribution in [0.25, 0.3) is 44.0 Å². The third-order valence-electron chi connectivity index (χ3n) is 6.41. The fourth-order valence-electron chi connectivity index (χ4n) is 4.81. The lowest BCUT2D eigenvalue weighted by molar-refractivity contribution is 0.342. The molecule has 9 nitrogen and oxygen atoms in total. The summed E-state index contributed by atoms with van der Waals surface area (Å²) in [5, 5.41) is 11.1. The lowest BCUT2D eigenvalue weighted by atomic mass is 10.0. The molecule has 1 fully saturated rings. The zero-order valence-electron chi connectivity index (χ0n) is 19.5. The maximum absolute atomic E-state index is 13.8. The Morgan fingerprint density at radius 1 is 1.19 bits per heavy atom. The zero-order chi connectivity index (χ0) is 25.9. The van der Waals surface area contributed by atoms with Gasteiger partial charge in [0.2, 0.25) is 0 Å². The fourth-order valence-corrected chi connectivity index (χ4v) is 5.13. The first-order valence-corrected chi connectivity index (χ1v) is 12.9. The number of fused-ring (bicyclic) bond motifs is 4. The van der Waals surface area contributed by atoms with Gasteiger partial charge in [-0.1, -0.05) is 9.95 Å². The highest BCUT2D eigenvalue weighted by Crippen LogP contribution is 2.43. The molecule has 0 spiro atoms. The van der Waals surface area contributed by atoms with E-state index < -0.39 is 10.5 Å². The summed E-state index contributed by atoms with van der Waals surface area (Å²) in [4.78, 5) is 21.2. The van der Waals surface area contributed by atoms with Crippen molar-refractivity contribution in [1.82, 2.24) is 14.5 Å². The topological polar surface area (TPSA) is 127 Å². The smallest absolute Gasteiger partial charge is 0.488 e. The first-order chi connectivity index (χ1) is 17.8. The van der Waals surface area contributed by atoms with Gasteiger partial charge >= 0.3 is 10.5 Å². The Balaban J connectivity index is 1.68. The van der Waals surface area contributed by atoms with Gasteiger partial charge in [-0.05, 0) is 50.1 Å². The summed E-state index contributed by atoms with van der Waals surface area (Å²) in [5.74, 6) is 0.101. The molecule has 2 aromatic carbocycles. The SMILES string of the molecule is CCOc1cc2c(=O)c3c4ccc(C#N)cc4[nH]c3n(C3CC3)c2cc1-c1cncc(OS(=O)(=O)F)c1. The van der Waals surface area contributed by atoms with Crippen molar-refractivity contribution in [2.75, 3.05) is 6.61 Å². The van der Waals surface area contributed by atoms with E-state index in [4.69, 9.17) is 4.74 Å². The number of nitriles is 1. The molecule has 186 valence electrons. The molecule has 37 heavy (non-hydrogen) atoms. The maximum atomic E-state index is 13.8. The van der Waals surface area contributed by atoms with Crippen LogP contribution >= 0.6 is 0 Å². The van der Waals surface area contributed by atoms with Crippen molar-refractivity contribution in [2.45, 2.75) is 25.8 Å². The van der Waals surface area contributed by atoms with Crippen LogP contribution in [0, 0.1) is 11.3 Å². The fraction of sp³-hybridized carbons (Fsp3) is 0.192. The first kappa shape index (κ1) is 23.0. The van der Waals surface area contributed by atoms with Gasteiger partial charge in [-0.2, -0.15) is 13.7 Å². The number of aromatic nitrogens is 3. The van der Waals surface area contributed by atoms with E-state index >= 15 is 0 Å². The number of nitrogens with zero attached hydrogens (tertiary/aromatic N) is 3. The molecule has 0 radical (unpaired) electrons. The van der Waals surface area contributed by atoms with Crippen LogP contribution < -0.4 is 14.3 Å². The van der Waals surface area contributed by atoms with Crippen molar-refractivity contribution in [1.29, 1.82) is 5.26 Å². The number of pyridine rings is 2. The predicted octanol–water partition coefficient (Wildman–Crippen LogP) is 4.90. The van der Waals surface area contributed by atoms with Gasteiger partial charge in [-0.15, -0.1) is 0 Å². The summed E-state index contributed by atoms with van der Waals surface area (Å²) in [7, 11) is -5.23. The summed E-state index contributed by atoms with van der Waals surface area (Å²) in [6.07, 6.45) is 4.44. The molecular weight excluding hydrogens is 499 g/mol. The van der Waals surface area contributed by atoms with Gasteiger partial charge in [-0.3, -0.25) is 9.78 Å². The number of nitrogens with one attached hydrogen (secondary N) is 1. The molecule has 1 aliphatic carbocycles. The second-order valence-corrected chi connectivity index (χ2v) is 9.79. The van der Waals surface area contributed by atoms with E-state index in [1.807, 2.05) is 0 Å². The second kappa shape index (κ2) is 8.31. The second-order valence-electron chi connectivity index (χ2n) is 8.84. The monoisotopic (exact) mass is 518 g/mol. The van der Waals surface area contributed by atoms with Gasteiger partial charge in [0.1, 0.15) is 11.4 Å². The molecule has 0 atom stereocenters. The van der Waals surface area contributed by atoms with Gasteiger partial charge in [0.15, 0.2) is 11.2 Å². The third-order valence-corrected chi connectivity index (χ3v) is 6.80. The van der Waals surface area contributed by atoms with E-state index in [1.54, 1.807) is 37.3 Å². The minimum absolute atomic E-state index is 0.171. The number of rotatable bonds is 6. The van der Waals surface area contributed by atoms with Crippen molar-refractivity contribution < 1.29 is 21.2 Å². The number of ether oxygens (including phenoxy) is 1. The van der Waals surface area contributed by atoms with Gasteiger partial charge in [0.25, 0.3) is 0 Å². The zero-order valence-corrected chi connectivity index (χ0v) is 20.3. The van der Waals surface area contributed by atoms with Crippen LogP contribution in [-0.2, 0) is 10.5 Å². The van der Waals surface area contributed by atoms with Crippen LogP contribution in [0.1, 0.15) is 31.4 Å². The molecule has 3 aromatic heterocycles. The van der Waals surface area contributed by atoms with Gasteiger partial charge < -0.3 is 18.5 Å². The lowest BCUT2D eigenvalue weighted by Gasteiger charge is -2.17. The van der Waals surface area contributed by atoms with E-state index in [0.717, 1.165) is 24.4 Å². The molecule has 5 aromatic rings. The van der Waals surface area contributed by atoms with Crippen molar-refractivity contribution in [2.24, 2.45) is 0 Å². The minimum Gasteiger partial charge on any atom is -0.493 e. The maximum Gasteiger partial charge on any atom is 0.488 e. The number of hydrogen-bond acceptors (Lipinski definition) is 7. The summed E-state index contributed by atoms with van der Waals surface area (Å²) >= 11 is 0. The molecule has 1 N–H and O–H groups in total. The summed E-state index contributed by atoms with van der Waals surface area (Å²) in [5.41, 5.74) is 3.30. The molecule has 0 amide bonds. The first-order valence-electron chi connectivity index (χ1n) is 11.6. The average Bonchev–Trinajstić information content (AvgIpc) is 3.62. The van der Waals surface area contributed by atoms with E-state index in [-0.39, 0.29) is 17.2 Å². The quantitative estimate of drug-likeness (QED) is 0.317. The molecule has 0 saturated heterocycles. The standard InChI is InChI=1S/C26H19FN4O5S/c1-2-35-23-10-20-22(9-19(23)15-8-17(13-29-12-15)36-37(27,33)34)31(16-4-5-16)26-24(25(20)32)18-6-3-14(11-28)7-21(18)30-26/h3,6-10,12-13,16,30H,2,4-5H2,1H3. The molecule has 6 rings (SSSR count). The molecule has 11 heteroatoms. The van der Waals surface area contributed by atoms with Crippen LogP contribution in [0.2, 0.25) is 0 Å². The Morgan fingerprint density at radius 2 is 2.00 bits per heavy atom. The van der Waals surface area contributed by atoms with Gasteiger partial charge in [0.05, 0.1) is 40.7 Å².